The van der Waals surface area contributed by atoms with Gasteiger partial charge in [0.2, 0.25) is 0 Å². The summed E-state index contributed by atoms with van der Waals surface area (Å²) in [5, 5.41) is 30.8. The molecule has 3 fully saturated rings. The summed E-state index contributed by atoms with van der Waals surface area (Å²) < 4.78 is 0. The molecule has 3 aliphatic carbocycles. The minimum absolute atomic E-state index is 0.366. The standard InChI is InChI=1S/C28H46O3/c1-19(9-7-15-26(3,4)30)23-13-14-24-21(10-8-16-28(23,24)6)11-12-22-17-27(5,31)18-25(29)20(22)2/h11-12,19,23-25,29-31H,2,7-10,13-18H2,1,3-6H3/b21-11?,22-12-/t19-,23+,24?,25+,27-,28+/m0/s1. The maximum absolute atomic E-state index is 10.5. The third-order valence-electron chi connectivity index (χ3n) is 8.69. The van der Waals surface area contributed by atoms with E-state index in [0.717, 1.165) is 36.3 Å². The van der Waals surface area contributed by atoms with E-state index in [1.807, 2.05) is 20.8 Å². The van der Waals surface area contributed by atoms with Crippen molar-refractivity contribution < 1.29 is 15.3 Å². The Kier molecular flexibility index (Phi) is 7.30. The van der Waals surface area contributed by atoms with Gasteiger partial charge in [-0.15, -0.1) is 0 Å². The fourth-order valence-electron chi connectivity index (χ4n) is 7.00. The van der Waals surface area contributed by atoms with Gasteiger partial charge in [-0.1, -0.05) is 51.0 Å². The van der Waals surface area contributed by atoms with Crippen molar-refractivity contribution in [2.24, 2.45) is 23.2 Å². The molecule has 0 heterocycles. The zero-order valence-corrected chi connectivity index (χ0v) is 20.6. The Balaban J connectivity index is 1.72. The fraction of sp³-hybridized carbons (Fsp3) is 0.786. The predicted octanol–water partition coefficient (Wildman–Crippen LogP) is 6.09. The first kappa shape index (κ1) is 24.7. The maximum Gasteiger partial charge on any atom is 0.0814 e. The van der Waals surface area contributed by atoms with Crippen LogP contribution in [-0.4, -0.2) is 32.6 Å². The van der Waals surface area contributed by atoms with Gasteiger partial charge in [-0.05, 0) is 93.6 Å². The van der Waals surface area contributed by atoms with Crippen LogP contribution in [0, 0.1) is 23.2 Å². The molecule has 3 heteroatoms. The van der Waals surface area contributed by atoms with E-state index in [9.17, 15) is 15.3 Å². The molecule has 6 atom stereocenters. The lowest BCUT2D eigenvalue weighted by atomic mass is 9.60. The third-order valence-corrected chi connectivity index (χ3v) is 8.69. The average Bonchev–Trinajstić information content (AvgIpc) is 2.99. The molecule has 3 nitrogen and oxygen atoms in total. The molecule has 0 aromatic rings. The van der Waals surface area contributed by atoms with Gasteiger partial charge in [-0.25, -0.2) is 0 Å². The smallest absolute Gasteiger partial charge is 0.0814 e. The van der Waals surface area contributed by atoms with Gasteiger partial charge < -0.3 is 15.3 Å². The molecule has 0 aromatic heterocycles. The summed E-state index contributed by atoms with van der Waals surface area (Å²) >= 11 is 0. The van der Waals surface area contributed by atoms with Crippen LogP contribution in [0.1, 0.15) is 98.8 Å². The zero-order valence-electron chi connectivity index (χ0n) is 20.6. The predicted molar refractivity (Wildman–Crippen MR) is 129 cm³/mol. The van der Waals surface area contributed by atoms with Crippen molar-refractivity contribution in [2.45, 2.75) is 116 Å². The monoisotopic (exact) mass is 430 g/mol. The number of rotatable bonds is 6. The molecule has 1 unspecified atom stereocenters. The highest BCUT2D eigenvalue weighted by atomic mass is 16.3. The molecule has 3 aliphatic rings. The molecule has 3 saturated carbocycles. The van der Waals surface area contributed by atoms with Crippen LogP contribution in [0.25, 0.3) is 0 Å². The summed E-state index contributed by atoms with van der Waals surface area (Å²) in [6, 6.07) is 0. The average molecular weight is 431 g/mol. The van der Waals surface area contributed by atoms with Crippen molar-refractivity contribution in [3.8, 4) is 0 Å². The van der Waals surface area contributed by atoms with Gasteiger partial charge in [0.05, 0.1) is 17.3 Å². The summed E-state index contributed by atoms with van der Waals surface area (Å²) in [5.74, 6) is 2.09. The molecule has 0 saturated heterocycles. The van der Waals surface area contributed by atoms with E-state index >= 15 is 0 Å². The van der Waals surface area contributed by atoms with E-state index in [4.69, 9.17) is 0 Å². The molecule has 0 aromatic carbocycles. The first-order valence-electron chi connectivity index (χ1n) is 12.5. The molecule has 0 spiro atoms. The van der Waals surface area contributed by atoms with E-state index in [-0.39, 0.29) is 0 Å². The van der Waals surface area contributed by atoms with Crippen LogP contribution in [0.15, 0.2) is 35.5 Å². The number of fused-ring (bicyclic) bond motifs is 1. The topological polar surface area (TPSA) is 60.7 Å². The maximum atomic E-state index is 10.5. The molecular formula is C28H46O3. The Labute approximate surface area is 190 Å². The summed E-state index contributed by atoms with van der Waals surface area (Å²) in [7, 11) is 0. The quantitative estimate of drug-likeness (QED) is 0.477. The SMILES string of the molecule is C=C1/C(=C\C=C2CCC[C@@]3(C)C2CC[C@@H]3[C@@H](C)CCCC(C)(C)O)C[C@](C)(O)C[C@H]1O. The molecule has 0 radical (unpaired) electrons. The number of hydrogen-bond acceptors (Lipinski definition) is 3. The van der Waals surface area contributed by atoms with Crippen molar-refractivity contribution >= 4 is 0 Å². The van der Waals surface area contributed by atoms with E-state index in [0.29, 0.717) is 30.1 Å². The molecule has 176 valence electrons. The molecule has 0 aliphatic heterocycles. The summed E-state index contributed by atoms with van der Waals surface area (Å²) in [6.07, 6.45) is 14.2. The highest BCUT2D eigenvalue weighted by Crippen LogP contribution is 2.60. The van der Waals surface area contributed by atoms with Crippen molar-refractivity contribution in [1.82, 2.24) is 0 Å². The lowest BCUT2D eigenvalue weighted by Crippen LogP contribution is -2.37. The number of aliphatic hydroxyl groups excluding tert-OH is 1. The van der Waals surface area contributed by atoms with Crippen LogP contribution in [0.5, 0.6) is 0 Å². The van der Waals surface area contributed by atoms with Gasteiger partial charge in [-0.2, -0.15) is 0 Å². The van der Waals surface area contributed by atoms with E-state index < -0.39 is 17.3 Å². The van der Waals surface area contributed by atoms with Crippen LogP contribution in [0.4, 0.5) is 0 Å². The van der Waals surface area contributed by atoms with Crippen LogP contribution >= 0.6 is 0 Å². The molecule has 3 rings (SSSR count). The minimum Gasteiger partial charge on any atom is -0.390 e. The molecule has 0 amide bonds. The molecular weight excluding hydrogens is 384 g/mol. The van der Waals surface area contributed by atoms with Gasteiger partial charge in [0, 0.05) is 12.8 Å². The fourth-order valence-corrected chi connectivity index (χ4v) is 7.00. The van der Waals surface area contributed by atoms with Crippen molar-refractivity contribution in [3.63, 3.8) is 0 Å². The Hall–Kier alpha value is -0.900. The Morgan fingerprint density at radius 3 is 2.61 bits per heavy atom. The number of hydrogen-bond donors (Lipinski definition) is 3. The van der Waals surface area contributed by atoms with Crippen LogP contribution in [-0.2, 0) is 0 Å². The minimum atomic E-state index is -0.858. The lowest BCUT2D eigenvalue weighted by molar-refractivity contribution is 0.00361. The largest absolute Gasteiger partial charge is 0.390 e. The van der Waals surface area contributed by atoms with Gasteiger partial charge in [0.1, 0.15) is 0 Å². The van der Waals surface area contributed by atoms with E-state index in [1.54, 1.807) is 5.57 Å². The molecule has 31 heavy (non-hydrogen) atoms. The number of allylic oxidation sites excluding steroid dienone is 3. The van der Waals surface area contributed by atoms with Crippen molar-refractivity contribution in [2.75, 3.05) is 0 Å². The lowest BCUT2D eigenvalue weighted by Gasteiger charge is -2.44. The Bertz CT molecular complexity index is 723. The highest BCUT2D eigenvalue weighted by Gasteiger charge is 2.50. The summed E-state index contributed by atoms with van der Waals surface area (Å²) in [5.41, 5.74) is 2.27. The highest BCUT2D eigenvalue weighted by molar-refractivity contribution is 5.39. The van der Waals surface area contributed by atoms with Gasteiger partial charge >= 0.3 is 0 Å². The Morgan fingerprint density at radius 1 is 1.23 bits per heavy atom. The normalized spacial score (nSPS) is 40.4. The van der Waals surface area contributed by atoms with Gasteiger partial charge in [-0.3, -0.25) is 0 Å². The zero-order chi connectivity index (χ0) is 23.0. The van der Waals surface area contributed by atoms with E-state index in [1.165, 1.54) is 32.1 Å². The second-order valence-corrected chi connectivity index (χ2v) is 12.1. The second-order valence-electron chi connectivity index (χ2n) is 12.1. The van der Waals surface area contributed by atoms with Crippen molar-refractivity contribution in [1.29, 1.82) is 0 Å². The number of aliphatic hydroxyl groups is 3. The van der Waals surface area contributed by atoms with Crippen LogP contribution in [0.3, 0.4) is 0 Å². The first-order valence-corrected chi connectivity index (χ1v) is 12.5. The van der Waals surface area contributed by atoms with Crippen LogP contribution in [0.2, 0.25) is 0 Å². The summed E-state index contributed by atoms with van der Waals surface area (Å²) in [6.45, 7) is 14.7. The summed E-state index contributed by atoms with van der Waals surface area (Å²) in [4.78, 5) is 0. The Morgan fingerprint density at radius 2 is 1.94 bits per heavy atom. The molecule has 3 N–H and O–H groups in total. The van der Waals surface area contributed by atoms with Gasteiger partial charge in [0.25, 0.3) is 0 Å². The second kappa shape index (κ2) is 9.15. The van der Waals surface area contributed by atoms with E-state index in [2.05, 4.69) is 32.6 Å². The van der Waals surface area contributed by atoms with Gasteiger partial charge in [0.15, 0.2) is 0 Å². The molecule has 0 bridgehead atoms. The first-order chi connectivity index (χ1) is 14.3. The third kappa shape index (κ3) is 5.72. The van der Waals surface area contributed by atoms with Crippen molar-refractivity contribution in [3.05, 3.63) is 35.5 Å². The van der Waals surface area contributed by atoms with Crippen LogP contribution < -0.4 is 0 Å².